The molecule has 0 bridgehead atoms. The average Bonchev–Trinajstić information content (AvgIpc) is 3.15. The van der Waals surface area contributed by atoms with Crippen LogP contribution < -0.4 is 10.1 Å². The molecule has 1 aliphatic rings. The number of piperidine rings is 1. The van der Waals surface area contributed by atoms with Crippen molar-refractivity contribution in [3.05, 3.63) is 54.2 Å². The highest BCUT2D eigenvalue weighted by atomic mass is 16.6. The first-order chi connectivity index (χ1) is 15.3. The van der Waals surface area contributed by atoms with Gasteiger partial charge >= 0.3 is 6.09 Å². The van der Waals surface area contributed by atoms with Gasteiger partial charge in [0.1, 0.15) is 11.4 Å². The molecule has 1 unspecified atom stereocenters. The van der Waals surface area contributed by atoms with E-state index < -0.39 is 5.60 Å². The summed E-state index contributed by atoms with van der Waals surface area (Å²) in [6.07, 6.45) is 3.64. The first-order valence-electron chi connectivity index (χ1n) is 11.1. The van der Waals surface area contributed by atoms with Gasteiger partial charge in [0.2, 0.25) is 0 Å². The van der Waals surface area contributed by atoms with Crippen LogP contribution >= 0.6 is 0 Å². The molecule has 2 heterocycles. The standard InChI is InChI=1S/C25H32N4O3/c1-25(2,3)32-24(30)28-13-5-6-21(17-28)27-20-9-12-23-19(14-20)15-26-29(23)16-18-7-10-22(31-4)11-8-18/h7-12,14-15,21,27H,5-6,13,16-17H2,1-4H3. The fourth-order valence-electron chi connectivity index (χ4n) is 4.03. The van der Waals surface area contributed by atoms with Crippen molar-refractivity contribution in [2.45, 2.75) is 51.8 Å². The molecule has 1 atom stereocenters. The number of hydrogen-bond acceptors (Lipinski definition) is 5. The third-order valence-electron chi connectivity index (χ3n) is 5.58. The molecule has 1 amide bonds. The Hall–Kier alpha value is -3.22. The Morgan fingerprint density at radius 3 is 2.69 bits per heavy atom. The lowest BCUT2D eigenvalue weighted by Gasteiger charge is -2.34. The van der Waals surface area contributed by atoms with E-state index in [-0.39, 0.29) is 12.1 Å². The lowest BCUT2D eigenvalue weighted by Crippen LogP contribution is -2.46. The number of nitrogens with one attached hydrogen (secondary N) is 1. The quantitative estimate of drug-likeness (QED) is 0.616. The van der Waals surface area contributed by atoms with Gasteiger partial charge in [-0.2, -0.15) is 5.10 Å². The number of nitrogens with zero attached hydrogens (tertiary/aromatic N) is 3. The van der Waals surface area contributed by atoms with Gasteiger partial charge in [0.05, 0.1) is 25.4 Å². The van der Waals surface area contributed by atoms with Crippen molar-refractivity contribution in [2.75, 3.05) is 25.5 Å². The van der Waals surface area contributed by atoms with Gasteiger partial charge in [0.15, 0.2) is 0 Å². The van der Waals surface area contributed by atoms with E-state index >= 15 is 0 Å². The van der Waals surface area contributed by atoms with E-state index in [1.807, 2.05) is 43.8 Å². The summed E-state index contributed by atoms with van der Waals surface area (Å²) in [4.78, 5) is 14.2. The van der Waals surface area contributed by atoms with Gasteiger partial charge < -0.3 is 19.7 Å². The van der Waals surface area contributed by atoms with E-state index in [1.165, 1.54) is 5.56 Å². The van der Waals surface area contributed by atoms with Crippen LogP contribution in [-0.4, -0.2) is 52.6 Å². The zero-order valence-electron chi connectivity index (χ0n) is 19.3. The largest absolute Gasteiger partial charge is 0.497 e. The smallest absolute Gasteiger partial charge is 0.410 e. The molecule has 0 aliphatic carbocycles. The molecule has 32 heavy (non-hydrogen) atoms. The molecule has 170 valence electrons. The highest BCUT2D eigenvalue weighted by Gasteiger charge is 2.27. The lowest BCUT2D eigenvalue weighted by molar-refractivity contribution is 0.0206. The molecule has 1 aromatic heterocycles. The minimum atomic E-state index is -0.478. The van der Waals surface area contributed by atoms with Crippen molar-refractivity contribution in [2.24, 2.45) is 0 Å². The van der Waals surface area contributed by atoms with Gasteiger partial charge in [-0.15, -0.1) is 0 Å². The molecular formula is C25H32N4O3. The molecule has 1 aliphatic heterocycles. The summed E-state index contributed by atoms with van der Waals surface area (Å²) in [6, 6.07) is 14.6. The Labute approximate surface area is 189 Å². The van der Waals surface area contributed by atoms with Crippen LogP contribution in [-0.2, 0) is 11.3 Å². The van der Waals surface area contributed by atoms with Gasteiger partial charge in [0.25, 0.3) is 0 Å². The second-order valence-electron chi connectivity index (χ2n) is 9.33. The van der Waals surface area contributed by atoms with E-state index in [0.717, 1.165) is 41.7 Å². The minimum Gasteiger partial charge on any atom is -0.497 e. The van der Waals surface area contributed by atoms with E-state index in [2.05, 4.69) is 40.7 Å². The maximum Gasteiger partial charge on any atom is 0.410 e. The van der Waals surface area contributed by atoms with Crippen LogP contribution in [0.1, 0.15) is 39.2 Å². The lowest BCUT2D eigenvalue weighted by atomic mass is 10.1. The summed E-state index contributed by atoms with van der Waals surface area (Å²) in [5.74, 6) is 0.850. The van der Waals surface area contributed by atoms with Gasteiger partial charge in [-0.1, -0.05) is 12.1 Å². The number of ether oxygens (including phenoxy) is 2. The number of amides is 1. The van der Waals surface area contributed by atoms with E-state index in [1.54, 1.807) is 12.0 Å². The SMILES string of the molecule is COc1ccc(Cn2ncc3cc(NC4CCCN(C(=O)OC(C)(C)C)C4)ccc32)cc1. The van der Waals surface area contributed by atoms with Gasteiger partial charge in [-0.25, -0.2) is 4.79 Å². The number of benzene rings is 2. The third-order valence-corrected chi connectivity index (χ3v) is 5.58. The van der Waals surface area contributed by atoms with Crippen molar-refractivity contribution in [1.82, 2.24) is 14.7 Å². The van der Waals surface area contributed by atoms with Crippen LogP contribution in [0.4, 0.5) is 10.5 Å². The fraction of sp³-hybridized carbons (Fsp3) is 0.440. The Morgan fingerprint density at radius 1 is 1.19 bits per heavy atom. The number of fused-ring (bicyclic) bond motifs is 1. The Bertz CT molecular complexity index is 1070. The van der Waals surface area contributed by atoms with Crippen LogP contribution in [0.2, 0.25) is 0 Å². The molecule has 0 saturated carbocycles. The van der Waals surface area contributed by atoms with E-state index in [0.29, 0.717) is 13.1 Å². The zero-order chi connectivity index (χ0) is 22.7. The van der Waals surface area contributed by atoms with Crippen LogP contribution in [0.3, 0.4) is 0 Å². The van der Waals surface area contributed by atoms with Crippen LogP contribution in [0, 0.1) is 0 Å². The van der Waals surface area contributed by atoms with Crippen LogP contribution in [0.25, 0.3) is 10.9 Å². The number of aromatic nitrogens is 2. The minimum absolute atomic E-state index is 0.197. The monoisotopic (exact) mass is 436 g/mol. The number of anilines is 1. The zero-order valence-corrected chi connectivity index (χ0v) is 19.3. The molecule has 7 nitrogen and oxygen atoms in total. The second-order valence-corrected chi connectivity index (χ2v) is 9.33. The predicted molar refractivity (Wildman–Crippen MR) is 126 cm³/mol. The molecule has 0 radical (unpaired) electrons. The molecule has 0 spiro atoms. The highest BCUT2D eigenvalue weighted by Crippen LogP contribution is 2.23. The molecule has 2 aromatic carbocycles. The average molecular weight is 437 g/mol. The van der Waals surface area contributed by atoms with Crippen LogP contribution in [0.15, 0.2) is 48.7 Å². The Kier molecular flexibility index (Phi) is 6.26. The molecule has 3 aromatic rings. The third kappa shape index (κ3) is 5.33. The molecule has 1 N–H and O–H groups in total. The van der Waals surface area contributed by atoms with Gasteiger partial charge in [-0.05, 0) is 69.5 Å². The first kappa shape index (κ1) is 22.0. The fourth-order valence-corrected chi connectivity index (χ4v) is 4.03. The predicted octanol–water partition coefficient (Wildman–Crippen LogP) is 4.90. The Morgan fingerprint density at radius 2 is 1.97 bits per heavy atom. The summed E-state index contributed by atoms with van der Waals surface area (Å²) < 4.78 is 12.8. The summed E-state index contributed by atoms with van der Waals surface area (Å²) in [6.45, 7) is 7.78. The number of hydrogen-bond donors (Lipinski definition) is 1. The summed E-state index contributed by atoms with van der Waals surface area (Å²) in [5, 5.41) is 9.26. The van der Waals surface area contributed by atoms with Crippen molar-refractivity contribution in [1.29, 1.82) is 0 Å². The normalized spacial score (nSPS) is 16.8. The molecule has 1 fully saturated rings. The molecular weight excluding hydrogens is 404 g/mol. The maximum atomic E-state index is 12.4. The summed E-state index contributed by atoms with van der Waals surface area (Å²) in [7, 11) is 1.67. The number of carbonyl (C=O) groups is 1. The van der Waals surface area contributed by atoms with Gasteiger partial charge in [-0.3, -0.25) is 4.68 Å². The Balaban J connectivity index is 1.41. The number of carbonyl (C=O) groups excluding carboxylic acids is 1. The number of methoxy groups -OCH3 is 1. The van der Waals surface area contributed by atoms with Crippen molar-refractivity contribution in [3.63, 3.8) is 0 Å². The molecule has 7 heteroatoms. The van der Waals surface area contributed by atoms with Crippen LogP contribution in [0.5, 0.6) is 5.75 Å². The van der Waals surface area contributed by atoms with Gasteiger partial charge in [0, 0.05) is 30.2 Å². The topological polar surface area (TPSA) is 68.6 Å². The molecule has 4 rings (SSSR count). The summed E-state index contributed by atoms with van der Waals surface area (Å²) in [5.41, 5.74) is 2.82. The van der Waals surface area contributed by atoms with Crippen molar-refractivity contribution >= 4 is 22.7 Å². The first-order valence-corrected chi connectivity index (χ1v) is 11.1. The maximum absolute atomic E-state index is 12.4. The van der Waals surface area contributed by atoms with Crippen molar-refractivity contribution in [3.8, 4) is 5.75 Å². The highest BCUT2D eigenvalue weighted by molar-refractivity contribution is 5.82. The number of rotatable bonds is 5. The second kappa shape index (κ2) is 9.10. The molecule has 1 saturated heterocycles. The van der Waals surface area contributed by atoms with E-state index in [4.69, 9.17) is 9.47 Å². The van der Waals surface area contributed by atoms with Crippen molar-refractivity contribution < 1.29 is 14.3 Å². The number of likely N-dealkylation sites (tertiary alicyclic amines) is 1. The van der Waals surface area contributed by atoms with E-state index in [9.17, 15) is 4.79 Å². The summed E-state index contributed by atoms with van der Waals surface area (Å²) >= 11 is 0.